The summed E-state index contributed by atoms with van der Waals surface area (Å²) in [6.45, 7) is 0.436. The van der Waals surface area contributed by atoms with E-state index in [1.54, 1.807) is 24.3 Å². The number of benzene rings is 2. The minimum atomic E-state index is -1.55. The van der Waals surface area contributed by atoms with Gasteiger partial charge in [-0.1, -0.05) is 12.1 Å². The van der Waals surface area contributed by atoms with Crippen molar-refractivity contribution in [3.63, 3.8) is 0 Å². The predicted octanol–water partition coefficient (Wildman–Crippen LogP) is 0.663. The summed E-state index contributed by atoms with van der Waals surface area (Å²) < 4.78 is 34.3. The van der Waals surface area contributed by atoms with Gasteiger partial charge in [-0.05, 0) is 35.4 Å². The molecular weight excluding hydrogens is 488 g/mol. The highest BCUT2D eigenvalue weighted by Crippen LogP contribution is 2.51. The molecule has 0 saturated carbocycles. The average molecular weight is 521 g/mol. The van der Waals surface area contributed by atoms with Crippen molar-refractivity contribution in [2.45, 2.75) is 42.9 Å². The molecule has 0 spiro atoms. The zero-order valence-corrected chi connectivity index (χ0v) is 20.5. The summed E-state index contributed by atoms with van der Waals surface area (Å²) in [5, 5.41) is 49.7. The number of ether oxygens (including phenoxy) is 6. The van der Waals surface area contributed by atoms with Gasteiger partial charge in [-0.3, -0.25) is 0 Å². The second kappa shape index (κ2) is 10.6. The zero-order valence-electron chi connectivity index (χ0n) is 20.5. The van der Waals surface area contributed by atoms with Crippen LogP contribution < -0.4 is 14.2 Å². The van der Waals surface area contributed by atoms with Gasteiger partial charge in [0.05, 0.1) is 46.2 Å². The summed E-state index contributed by atoms with van der Waals surface area (Å²) in [6, 6.07) is 10.5. The van der Waals surface area contributed by atoms with Crippen LogP contribution in [0.25, 0.3) is 0 Å². The molecule has 5 N–H and O–H groups in total. The first-order chi connectivity index (χ1) is 17.9. The third kappa shape index (κ3) is 4.72. The van der Waals surface area contributed by atoms with Gasteiger partial charge in [0.2, 0.25) is 6.29 Å². The summed E-state index contributed by atoms with van der Waals surface area (Å²) in [7, 11) is 2.98. The maximum absolute atomic E-state index is 10.3. The van der Waals surface area contributed by atoms with Crippen LogP contribution in [-0.2, 0) is 14.2 Å². The van der Waals surface area contributed by atoms with Gasteiger partial charge in [-0.25, -0.2) is 0 Å². The van der Waals surface area contributed by atoms with Crippen molar-refractivity contribution >= 4 is 0 Å². The molecule has 5 rings (SSSR count). The molecule has 37 heavy (non-hydrogen) atoms. The number of rotatable bonds is 7. The Hall–Kier alpha value is -2.64. The topological polar surface area (TPSA) is 157 Å². The normalized spacial score (nSPS) is 35.2. The van der Waals surface area contributed by atoms with Crippen LogP contribution in [0.3, 0.4) is 0 Å². The lowest BCUT2D eigenvalue weighted by molar-refractivity contribution is -0.277. The van der Waals surface area contributed by atoms with E-state index >= 15 is 0 Å². The van der Waals surface area contributed by atoms with Crippen molar-refractivity contribution < 1.29 is 54.0 Å². The van der Waals surface area contributed by atoms with Crippen LogP contribution in [0.2, 0.25) is 0 Å². The van der Waals surface area contributed by atoms with Crippen molar-refractivity contribution in [3.8, 4) is 23.0 Å². The fourth-order valence-electron chi connectivity index (χ4n) is 5.35. The highest BCUT2D eigenvalue weighted by Gasteiger charge is 2.49. The highest BCUT2D eigenvalue weighted by molar-refractivity contribution is 5.45. The summed E-state index contributed by atoms with van der Waals surface area (Å²) >= 11 is 0. The number of aliphatic hydroxyl groups is 4. The van der Waals surface area contributed by atoms with Gasteiger partial charge in [0.25, 0.3) is 0 Å². The minimum absolute atomic E-state index is 0.0689. The predicted molar refractivity (Wildman–Crippen MR) is 126 cm³/mol. The molecule has 2 aromatic carbocycles. The zero-order chi connectivity index (χ0) is 26.3. The lowest BCUT2D eigenvalue weighted by Crippen LogP contribution is -2.60. The number of phenolic OH excluding ortho intramolecular Hbond substituents is 1. The monoisotopic (exact) mass is 520 g/mol. The van der Waals surface area contributed by atoms with Crippen LogP contribution in [0, 0.1) is 11.8 Å². The van der Waals surface area contributed by atoms with Crippen LogP contribution in [-0.4, -0.2) is 90.3 Å². The Bertz CT molecular complexity index is 1090. The first-order valence-electron chi connectivity index (χ1n) is 12.1. The lowest BCUT2D eigenvalue weighted by Gasteiger charge is -2.39. The van der Waals surface area contributed by atoms with Crippen molar-refractivity contribution in [1.29, 1.82) is 0 Å². The van der Waals surface area contributed by atoms with E-state index in [-0.39, 0.29) is 35.5 Å². The van der Waals surface area contributed by atoms with Gasteiger partial charge in [-0.2, -0.15) is 0 Å². The molecule has 11 nitrogen and oxygen atoms in total. The smallest absolute Gasteiger partial charge is 0.229 e. The SMILES string of the molecule is COc1cc([C@@H]2OC[C@@H]3[C@@H]2CO[C@H]3c2ccc(O[C@H]3O[C@H](CO)[C@@H](O)[C@H](O)[C@H]3O)c(OC)c2)ccc1O. The largest absolute Gasteiger partial charge is 0.504 e. The van der Waals surface area contributed by atoms with Gasteiger partial charge >= 0.3 is 0 Å². The quantitative estimate of drug-likeness (QED) is 0.349. The van der Waals surface area contributed by atoms with E-state index in [0.717, 1.165) is 11.1 Å². The highest BCUT2D eigenvalue weighted by atomic mass is 16.7. The molecule has 0 unspecified atom stereocenters. The van der Waals surface area contributed by atoms with E-state index in [0.29, 0.717) is 24.7 Å². The van der Waals surface area contributed by atoms with Gasteiger partial charge in [0.15, 0.2) is 23.0 Å². The Labute approximate surface area is 213 Å². The standard InChI is InChI=1S/C26H32O11/c1-32-18-7-12(3-5-16(18)28)24-14-10-35-25(15(14)11-34-24)13-4-6-17(19(8-13)33-2)36-26-23(31)22(30)21(29)20(9-27)37-26/h3-8,14-15,20-31H,9-11H2,1-2H3/t14-,15+,20+,21+,22-,23+,24-,25-,26-/m0/s1. The lowest BCUT2D eigenvalue weighted by atomic mass is 9.85. The van der Waals surface area contributed by atoms with E-state index in [4.69, 9.17) is 28.4 Å². The Morgan fingerprint density at radius 1 is 0.784 bits per heavy atom. The maximum atomic E-state index is 10.3. The summed E-state index contributed by atoms with van der Waals surface area (Å²) in [5.41, 5.74) is 1.77. The minimum Gasteiger partial charge on any atom is -0.504 e. The molecule has 9 atom stereocenters. The number of aromatic hydroxyl groups is 1. The van der Waals surface area contributed by atoms with Crippen LogP contribution in [0.15, 0.2) is 36.4 Å². The first kappa shape index (κ1) is 26.0. The fraction of sp³-hybridized carbons (Fsp3) is 0.538. The third-order valence-electron chi connectivity index (χ3n) is 7.40. The Morgan fingerprint density at radius 2 is 1.38 bits per heavy atom. The van der Waals surface area contributed by atoms with E-state index in [2.05, 4.69) is 0 Å². The van der Waals surface area contributed by atoms with Crippen molar-refractivity contribution in [1.82, 2.24) is 0 Å². The molecule has 0 amide bonds. The van der Waals surface area contributed by atoms with Gasteiger partial charge in [0, 0.05) is 11.8 Å². The molecule has 3 aliphatic rings. The first-order valence-corrected chi connectivity index (χ1v) is 12.1. The number of methoxy groups -OCH3 is 2. The van der Waals surface area contributed by atoms with Crippen molar-refractivity contribution in [2.75, 3.05) is 34.0 Å². The summed E-state index contributed by atoms with van der Waals surface area (Å²) in [4.78, 5) is 0. The van der Waals surface area contributed by atoms with E-state index in [1.165, 1.54) is 14.2 Å². The third-order valence-corrected chi connectivity index (χ3v) is 7.40. The van der Waals surface area contributed by atoms with Crippen LogP contribution in [0.4, 0.5) is 0 Å². The van der Waals surface area contributed by atoms with Gasteiger partial charge in [-0.15, -0.1) is 0 Å². The maximum Gasteiger partial charge on any atom is 0.229 e. The fourth-order valence-corrected chi connectivity index (χ4v) is 5.35. The van der Waals surface area contributed by atoms with Crippen LogP contribution >= 0.6 is 0 Å². The Balaban J connectivity index is 1.32. The van der Waals surface area contributed by atoms with Crippen LogP contribution in [0.5, 0.6) is 23.0 Å². The number of hydrogen-bond acceptors (Lipinski definition) is 11. The second-order valence-corrected chi connectivity index (χ2v) is 9.49. The molecule has 11 heteroatoms. The Morgan fingerprint density at radius 3 is 1.97 bits per heavy atom. The molecule has 0 aliphatic carbocycles. The van der Waals surface area contributed by atoms with Gasteiger partial charge < -0.3 is 54.0 Å². The molecule has 3 heterocycles. The van der Waals surface area contributed by atoms with Crippen LogP contribution in [0.1, 0.15) is 23.3 Å². The number of phenols is 1. The molecule has 2 aromatic rings. The van der Waals surface area contributed by atoms with E-state index in [1.807, 2.05) is 12.1 Å². The van der Waals surface area contributed by atoms with Gasteiger partial charge in [0.1, 0.15) is 24.4 Å². The number of fused-ring (bicyclic) bond motifs is 1. The molecule has 0 radical (unpaired) electrons. The molecule has 0 bridgehead atoms. The Kier molecular flexibility index (Phi) is 7.46. The molecule has 3 aliphatic heterocycles. The average Bonchev–Trinajstić information content (AvgIpc) is 3.52. The molecule has 3 saturated heterocycles. The molecule has 0 aromatic heterocycles. The van der Waals surface area contributed by atoms with E-state index in [9.17, 15) is 25.5 Å². The summed E-state index contributed by atoms with van der Waals surface area (Å²) in [5.74, 6) is 1.27. The molecule has 3 fully saturated rings. The number of aliphatic hydroxyl groups excluding tert-OH is 4. The van der Waals surface area contributed by atoms with Crippen molar-refractivity contribution in [3.05, 3.63) is 47.5 Å². The van der Waals surface area contributed by atoms with Crippen molar-refractivity contribution in [2.24, 2.45) is 11.8 Å². The molecule has 202 valence electrons. The van der Waals surface area contributed by atoms with E-state index < -0.39 is 37.3 Å². The number of hydrogen-bond donors (Lipinski definition) is 5. The molecular formula is C26H32O11. The summed E-state index contributed by atoms with van der Waals surface area (Å²) in [6.07, 6.45) is -7.41. The second-order valence-electron chi connectivity index (χ2n) is 9.49.